The summed E-state index contributed by atoms with van der Waals surface area (Å²) in [6.07, 6.45) is -2.11. The third kappa shape index (κ3) is 2.15. The molecule has 0 aliphatic rings. The highest BCUT2D eigenvalue weighted by molar-refractivity contribution is 9.08. The summed E-state index contributed by atoms with van der Waals surface area (Å²) in [5.74, 6) is 0. The second-order valence-electron chi connectivity index (χ2n) is 2.75. The molecule has 0 aliphatic carbocycles. The molecule has 0 aromatic carbocycles. The van der Waals surface area contributed by atoms with Crippen LogP contribution in [-0.2, 0) is 5.33 Å². The van der Waals surface area contributed by atoms with Crippen molar-refractivity contribution in [1.82, 2.24) is 4.98 Å². The van der Waals surface area contributed by atoms with E-state index in [9.17, 15) is 13.6 Å². The second kappa shape index (κ2) is 4.59. The highest BCUT2D eigenvalue weighted by atomic mass is 79.9. The fourth-order valence-corrected chi connectivity index (χ4v) is 1.91. The lowest BCUT2D eigenvalue weighted by atomic mass is 10.1. The van der Waals surface area contributed by atoms with Gasteiger partial charge in [-0.1, -0.05) is 15.9 Å². The summed E-state index contributed by atoms with van der Waals surface area (Å²) in [5, 5.41) is 0.310. The maximum atomic E-state index is 12.5. The smallest absolute Gasteiger partial charge is 0.264 e. The number of aryl methyl sites for hydroxylation is 1. The molecule has 0 saturated carbocycles. The van der Waals surface area contributed by atoms with Crippen molar-refractivity contribution in [3.63, 3.8) is 0 Å². The molecule has 0 aliphatic heterocycles. The minimum Gasteiger partial charge on any atom is -0.296 e. The molecule has 0 saturated heterocycles. The van der Waals surface area contributed by atoms with Gasteiger partial charge in [0, 0.05) is 16.6 Å². The average molecular weight is 264 g/mol. The van der Waals surface area contributed by atoms with E-state index in [0.29, 0.717) is 22.9 Å². The van der Waals surface area contributed by atoms with E-state index in [0.717, 1.165) is 6.07 Å². The van der Waals surface area contributed by atoms with Crippen LogP contribution in [0.2, 0.25) is 0 Å². The van der Waals surface area contributed by atoms with Gasteiger partial charge in [0.15, 0.2) is 6.29 Å². The lowest BCUT2D eigenvalue weighted by Gasteiger charge is -2.09. The van der Waals surface area contributed by atoms with Gasteiger partial charge in [0.25, 0.3) is 6.43 Å². The Bertz CT molecular complexity index is 355. The fraction of sp³-hybridized carbons (Fsp3) is 0.333. The summed E-state index contributed by atoms with van der Waals surface area (Å²) in [6, 6.07) is 1.13. The Labute approximate surface area is 88.5 Å². The van der Waals surface area contributed by atoms with E-state index in [1.165, 1.54) is 0 Å². The largest absolute Gasteiger partial charge is 0.296 e. The normalized spacial score (nSPS) is 10.6. The molecule has 0 bridgehead atoms. The van der Waals surface area contributed by atoms with Crippen LogP contribution in [-0.4, -0.2) is 11.3 Å². The molecule has 76 valence electrons. The van der Waals surface area contributed by atoms with Crippen molar-refractivity contribution in [1.29, 1.82) is 0 Å². The van der Waals surface area contributed by atoms with Gasteiger partial charge in [0.2, 0.25) is 0 Å². The summed E-state index contributed by atoms with van der Waals surface area (Å²) in [6.45, 7) is 1.61. The van der Waals surface area contributed by atoms with Gasteiger partial charge in [-0.25, -0.2) is 13.8 Å². The van der Waals surface area contributed by atoms with Crippen molar-refractivity contribution in [2.75, 3.05) is 0 Å². The van der Waals surface area contributed by atoms with Gasteiger partial charge < -0.3 is 0 Å². The zero-order valence-corrected chi connectivity index (χ0v) is 9.01. The van der Waals surface area contributed by atoms with Crippen molar-refractivity contribution in [3.8, 4) is 0 Å². The molecule has 1 aromatic heterocycles. The highest BCUT2D eigenvalue weighted by Crippen LogP contribution is 2.26. The Morgan fingerprint density at radius 3 is 2.71 bits per heavy atom. The van der Waals surface area contributed by atoms with Crippen LogP contribution in [0.4, 0.5) is 8.78 Å². The van der Waals surface area contributed by atoms with Crippen molar-refractivity contribution < 1.29 is 13.6 Å². The van der Waals surface area contributed by atoms with Crippen LogP contribution in [0.3, 0.4) is 0 Å². The van der Waals surface area contributed by atoms with E-state index in [-0.39, 0.29) is 11.3 Å². The minimum absolute atomic E-state index is 0.0440. The van der Waals surface area contributed by atoms with Gasteiger partial charge >= 0.3 is 0 Å². The Kier molecular flexibility index (Phi) is 3.69. The number of rotatable bonds is 3. The molecule has 0 fully saturated rings. The molecule has 2 nitrogen and oxygen atoms in total. The first-order valence-corrected chi connectivity index (χ1v) is 5.02. The predicted molar refractivity (Wildman–Crippen MR) is 51.9 cm³/mol. The molecule has 0 amide bonds. The second-order valence-corrected chi connectivity index (χ2v) is 3.31. The van der Waals surface area contributed by atoms with Crippen LogP contribution in [0, 0.1) is 6.92 Å². The van der Waals surface area contributed by atoms with Gasteiger partial charge in [-0.2, -0.15) is 0 Å². The van der Waals surface area contributed by atoms with Crippen molar-refractivity contribution in [2.24, 2.45) is 0 Å². The van der Waals surface area contributed by atoms with Gasteiger partial charge in [0.1, 0.15) is 5.69 Å². The van der Waals surface area contributed by atoms with E-state index in [4.69, 9.17) is 0 Å². The summed E-state index contributed by atoms with van der Waals surface area (Å²) in [7, 11) is 0. The van der Waals surface area contributed by atoms with Gasteiger partial charge in [-0.05, 0) is 18.6 Å². The van der Waals surface area contributed by atoms with Crippen LogP contribution in [0.25, 0.3) is 0 Å². The molecule has 1 aromatic rings. The lowest BCUT2D eigenvalue weighted by molar-refractivity contribution is 0.111. The number of carbonyl (C=O) groups excluding carboxylic acids is 1. The SMILES string of the molecule is Cc1nc(C=O)cc(C(F)F)c1CBr. The predicted octanol–water partition coefficient (Wildman–Crippen LogP) is 3.04. The quantitative estimate of drug-likeness (QED) is 0.620. The van der Waals surface area contributed by atoms with E-state index in [2.05, 4.69) is 20.9 Å². The maximum Gasteiger partial charge on any atom is 0.264 e. The minimum atomic E-state index is -2.58. The van der Waals surface area contributed by atoms with E-state index < -0.39 is 6.43 Å². The number of aldehydes is 1. The van der Waals surface area contributed by atoms with Crippen molar-refractivity contribution >= 4 is 22.2 Å². The topological polar surface area (TPSA) is 30.0 Å². The summed E-state index contributed by atoms with van der Waals surface area (Å²) in [4.78, 5) is 14.3. The van der Waals surface area contributed by atoms with Crippen molar-refractivity contribution in [3.05, 3.63) is 28.6 Å². The Morgan fingerprint density at radius 1 is 1.64 bits per heavy atom. The number of hydrogen-bond acceptors (Lipinski definition) is 2. The molecular weight excluding hydrogens is 256 g/mol. The molecule has 0 N–H and O–H groups in total. The van der Waals surface area contributed by atoms with Crippen LogP contribution in [0.15, 0.2) is 6.07 Å². The van der Waals surface area contributed by atoms with Gasteiger partial charge in [-0.3, -0.25) is 4.79 Å². The number of nitrogens with zero attached hydrogens (tertiary/aromatic N) is 1. The molecule has 0 spiro atoms. The molecule has 1 rings (SSSR count). The first-order valence-electron chi connectivity index (χ1n) is 3.89. The first-order chi connectivity index (χ1) is 6.60. The number of alkyl halides is 3. The summed E-state index contributed by atoms with van der Waals surface area (Å²) < 4.78 is 25.1. The van der Waals surface area contributed by atoms with Gasteiger partial charge in [0.05, 0.1) is 0 Å². The van der Waals surface area contributed by atoms with E-state index >= 15 is 0 Å². The van der Waals surface area contributed by atoms with Crippen molar-refractivity contribution in [2.45, 2.75) is 18.7 Å². The third-order valence-corrected chi connectivity index (χ3v) is 2.44. The number of carbonyl (C=O) groups is 1. The first kappa shape index (κ1) is 11.2. The zero-order chi connectivity index (χ0) is 10.7. The fourth-order valence-electron chi connectivity index (χ4n) is 1.18. The van der Waals surface area contributed by atoms with E-state index in [1.807, 2.05) is 0 Å². The van der Waals surface area contributed by atoms with Crippen LogP contribution >= 0.6 is 15.9 Å². The number of halogens is 3. The molecule has 0 radical (unpaired) electrons. The molecule has 5 heteroatoms. The van der Waals surface area contributed by atoms with Gasteiger partial charge in [-0.15, -0.1) is 0 Å². The third-order valence-electron chi connectivity index (χ3n) is 1.87. The molecular formula is C9H8BrF2NO. The zero-order valence-electron chi connectivity index (χ0n) is 7.43. The number of hydrogen-bond donors (Lipinski definition) is 0. The number of pyridine rings is 1. The van der Waals surface area contributed by atoms with Crippen LogP contribution < -0.4 is 0 Å². The highest BCUT2D eigenvalue weighted by Gasteiger charge is 2.16. The van der Waals surface area contributed by atoms with E-state index in [1.54, 1.807) is 6.92 Å². The Balaban J connectivity index is 3.35. The standard InChI is InChI=1S/C9H8BrF2NO/c1-5-8(3-10)7(9(11)12)2-6(4-14)13-5/h2,4,9H,3H2,1H3. The average Bonchev–Trinajstić information content (AvgIpc) is 2.16. The molecule has 14 heavy (non-hydrogen) atoms. The Hall–Kier alpha value is -0.840. The molecule has 0 unspecified atom stereocenters. The molecule has 1 heterocycles. The van der Waals surface area contributed by atoms with Crippen LogP contribution in [0.5, 0.6) is 0 Å². The maximum absolute atomic E-state index is 12.5. The lowest BCUT2D eigenvalue weighted by Crippen LogP contribution is -2.02. The monoisotopic (exact) mass is 263 g/mol. The summed E-state index contributed by atoms with van der Waals surface area (Å²) in [5.41, 5.74) is 0.825. The molecule has 0 atom stereocenters. The summed E-state index contributed by atoms with van der Waals surface area (Å²) >= 11 is 3.11. The van der Waals surface area contributed by atoms with Crippen LogP contribution in [0.1, 0.15) is 33.7 Å². The number of aromatic nitrogens is 1. The Morgan fingerprint density at radius 2 is 2.29 bits per heavy atom.